The number of nitrogens with one attached hydrogen (secondary N) is 1. The Bertz CT molecular complexity index is 206. The van der Waals surface area contributed by atoms with E-state index < -0.39 is 0 Å². The average Bonchev–Trinajstić information content (AvgIpc) is 2.68. The van der Waals surface area contributed by atoms with Crippen molar-refractivity contribution in [2.45, 2.75) is 46.1 Å². The zero-order chi connectivity index (χ0) is 12.7. The van der Waals surface area contributed by atoms with Gasteiger partial charge in [0.05, 0.1) is 6.61 Å². The van der Waals surface area contributed by atoms with Gasteiger partial charge in [0.25, 0.3) is 0 Å². The zero-order valence-corrected chi connectivity index (χ0v) is 12.1. The highest BCUT2D eigenvalue weighted by Gasteiger charge is 2.21. The molecule has 0 aromatic heterocycles. The Balaban J connectivity index is 2.06. The summed E-state index contributed by atoms with van der Waals surface area (Å²) in [6, 6.07) is 0.756. The van der Waals surface area contributed by atoms with E-state index in [1.165, 1.54) is 25.8 Å². The summed E-state index contributed by atoms with van der Waals surface area (Å²) in [5, 5.41) is 3.39. The average molecular weight is 242 g/mol. The number of hydrogen-bond acceptors (Lipinski definition) is 3. The number of likely N-dealkylation sites (tertiary alicyclic amines) is 1. The van der Waals surface area contributed by atoms with E-state index in [9.17, 15) is 0 Å². The predicted octanol–water partition coefficient (Wildman–Crippen LogP) is 2.12. The Morgan fingerprint density at radius 3 is 2.76 bits per heavy atom. The van der Waals surface area contributed by atoms with Crippen LogP contribution in [0.15, 0.2) is 0 Å². The molecule has 1 atom stereocenters. The Morgan fingerprint density at radius 1 is 1.41 bits per heavy atom. The van der Waals surface area contributed by atoms with Crippen LogP contribution in [0.3, 0.4) is 0 Å². The van der Waals surface area contributed by atoms with Crippen LogP contribution in [-0.2, 0) is 4.74 Å². The van der Waals surface area contributed by atoms with E-state index in [-0.39, 0.29) is 5.41 Å². The SMILES string of the molecule is CCNCC(C)(C)COCCC1CCCN1C. The fourth-order valence-corrected chi connectivity index (χ4v) is 2.43. The maximum Gasteiger partial charge on any atom is 0.0529 e. The minimum absolute atomic E-state index is 0.248. The van der Waals surface area contributed by atoms with Crippen LogP contribution in [0.4, 0.5) is 0 Å². The third kappa shape index (κ3) is 5.84. The summed E-state index contributed by atoms with van der Waals surface area (Å²) in [4.78, 5) is 2.47. The van der Waals surface area contributed by atoms with Gasteiger partial charge in [-0.1, -0.05) is 20.8 Å². The first-order chi connectivity index (χ1) is 8.05. The lowest BCUT2D eigenvalue weighted by Crippen LogP contribution is -2.33. The fraction of sp³-hybridized carbons (Fsp3) is 1.00. The van der Waals surface area contributed by atoms with Crippen molar-refractivity contribution < 1.29 is 4.74 Å². The van der Waals surface area contributed by atoms with Crippen molar-refractivity contribution in [3.05, 3.63) is 0 Å². The summed E-state index contributed by atoms with van der Waals surface area (Å²) in [5.74, 6) is 0. The second-order valence-electron chi connectivity index (χ2n) is 6.06. The third-order valence-corrected chi connectivity index (χ3v) is 3.61. The Morgan fingerprint density at radius 2 is 2.18 bits per heavy atom. The molecule has 17 heavy (non-hydrogen) atoms. The molecule has 1 heterocycles. The van der Waals surface area contributed by atoms with Crippen LogP contribution < -0.4 is 5.32 Å². The lowest BCUT2D eigenvalue weighted by atomic mass is 9.95. The van der Waals surface area contributed by atoms with E-state index in [1.54, 1.807) is 0 Å². The number of hydrogen-bond donors (Lipinski definition) is 1. The molecule has 1 saturated heterocycles. The summed E-state index contributed by atoms with van der Waals surface area (Å²) in [6.45, 7) is 11.8. The zero-order valence-electron chi connectivity index (χ0n) is 12.1. The first-order valence-electron chi connectivity index (χ1n) is 7.04. The van der Waals surface area contributed by atoms with Gasteiger partial charge in [-0.2, -0.15) is 0 Å². The van der Waals surface area contributed by atoms with Crippen LogP contribution in [0, 0.1) is 5.41 Å². The van der Waals surface area contributed by atoms with Gasteiger partial charge in [0, 0.05) is 24.6 Å². The Labute approximate surface area is 107 Å². The standard InChI is InChI=1S/C14H30N2O/c1-5-15-11-14(2,3)12-17-10-8-13-7-6-9-16(13)4/h13,15H,5-12H2,1-4H3. The fourth-order valence-electron chi connectivity index (χ4n) is 2.43. The molecular formula is C14H30N2O. The van der Waals surface area contributed by atoms with Gasteiger partial charge in [0.1, 0.15) is 0 Å². The highest BCUT2D eigenvalue weighted by molar-refractivity contribution is 4.76. The lowest BCUT2D eigenvalue weighted by molar-refractivity contribution is 0.0521. The Kier molecular flexibility index (Phi) is 6.45. The second kappa shape index (κ2) is 7.34. The summed E-state index contributed by atoms with van der Waals surface area (Å²) < 4.78 is 5.84. The topological polar surface area (TPSA) is 24.5 Å². The molecule has 1 unspecified atom stereocenters. The van der Waals surface area contributed by atoms with Crippen molar-refractivity contribution in [3.8, 4) is 0 Å². The van der Waals surface area contributed by atoms with E-state index in [2.05, 4.69) is 38.0 Å². The number of nitrogens with zero attached hydrogens (tertiary/aromatic N) is 1. The maximum atomic E-state index is 5.84. The first-order valence-corrected chi connectivity index (χ1v) is 7.04. The summed E-state index contributed by atoms with van der Waals surface area (Å²) in [5.41, 5.74) is 0.248. The summed E-state index contributed by atoms with van der Waals surface area (Å²) >= 11 is 0. The first kappa shape index (κ1) is 14.9. The minimum Gasteiger partial charge on any atom is -0.381 e. The minimum atomic E-state index is 0.248. The van der Waals surface area contributed by atoms with Crippen molar-refractivity contribution in [3.63, 3.8) is 0 Å². The molecule has 0 saturated carbocycles. The lowest BCUT2D eigenvalue weighted by Gasteiger charge is -2.25. The monoisotopic (exact) mass is 242 g/mol. The molecule has 0 radical (unpaired) electrons. The smallest absolute Gasteiger partial charge is 0.0529 e. The van der Waals surface area contributed by atoms with E-state index >= 15 is 0 Å². The maximum absolute atomic E-state index is 5.84. The third-order valence-electron chi connectivity index (χ3n) is 3.61. The molecule has 0 aromatic carbocycles. The molecule has 1 aliphatic heterocycles. The van der Waals surface area contributed by atoms with Crippen LogP contribution in [0.1, 0.15) is 40.0 Å². The van der Waals surface area contributed by atoms with Gasteiger partial charge < -0.3 is 15.0 Å². The van der Waals surface area contributed by atoms with E-state index in [4.69, 9.17) is 4.74 Å². The summed E-state index contributed by atoms with van der Waals surface area (Å²) in [6.07, 6.45) is 3.89. The van der Waals surface area contributed by atoms with Gasteiger partial charge in [0.2, 0.25) is 0 Å². The molecule has 1 fully saturated rings. The molecule has 0 aromatic rings. The Hall–Kier alpha value is -0.120. The predicted molar refractivity (Wildman–Crippen MR) is 73.4 cm³/mol. The molecule has 0 spiro atoms. The van der Waals surface area contributed by atoms with Gasteiger partial charge in [-0.15, -0.1) is 0 Å². The molecule has 0 aliphatic carbocycles. The molecule has 3 nitrogen and oxygen atoms in total. The van der Waals surface area contributed by atoms with Crippen LogP contribution >= 0.6 is 0 Å². The van der Waals surface area contributed by atoms with Crippen LogP contribution in [-0.4, -0.2) is 50.8 Å². The molecule has 3 heteroatoms. The second-order valence-corrected chi connectivity index (χ2v) is 6.06. The largest absolute Gasteiger partial charge is 0.381 e. The van der Waals surface area contributed by atoms with Gasteiger partial charge in [-0.05, 0) is 39.4 Å². The van der Waals surface area contributed by atoms with Crippen molar-refractivity contribution in [1.29, 1.82) is 0 Å². The highest BCUT2D eigenvalue weighted by Crippen LogP contribution is 2.19. The quantitative estimate of drug-likeness (QED) is 0.660. The molecule has 1 rings (SSSR count). The van der Waals surface area contributed by atoms with Crippen molar-refractivity contribution in [1.82, 2.24) is 10.2 Å². The molecule has 0 amide bonds. The van der Waals surface area contributed by atoms with Crippen LogP contribution in [0.25, 0.3) is 0 Å². The number of rotatable bonds is 8. The van der Waals surface area contributed by atoms with Crippen molar-refractivity contribution in [2.24, 2.45) is 5.41 Å². The molecule has 102 valence electrons. The normalized spacial score (nSPS) is 22.2. The molecule has 0 bridgehead atoms. The number of ether oxygens (including phenoxy) is 1. The van der Waals surface area contributed by atoms with E-state index in [0.717, 1.165) is 32.3 Å². The summed E-state index contributed by atoms with van der Waals surface area (Å²) in [7, 11) is 2.23. The van der Waals surface area contributed by atoms with Gasteiger partial charge in [-0.25, -0.2) is 0 Å². The van der Waals surface area contributed by atoms with E-state index in [1.807, 2.05) is 0 Å². The van der Waals surface area contributed by atoms with Crippen LogP contribution in [0.2, 0.25) is 0 Å². The van der Waals surface area contributed by atoms with Gasteiger partial charge in [-0.3, -0.25) is 0 Å². The van der Waals surface area contributed by atoms with Crippen molar-refractivity contribution >= 4 is 0 Å². The van der Waals surface area contributed by atoms with Gasteiger partial charge in [0.15, 0.2) is 0 Å². The molecule has 1 aliphatic rings. The highest BCUT2D eigenvalue weighted by atomic mass is 16.5. The van der Waals surface area contributed by atoms with E-state index in [0.29, 0.717) is 0 Å². The molecule has 1 N–H and O–H groups in total. The molecular weight excluding hydrogens is 212 g/mol. The van der Waals surface area contributed by atoms with Gasteiger partial charge >= 0.3 is 0 Å². The van der Waals surface area contributed by atoms with Crippen LogP contribution in [0.5, 0.6) is 0 Å². The van der Waals surface area contributed by atoms with Crippen molar-refractivity contribution in [2.75, 3.05) is 39.9 Å².